The van der Waals surface area contributed by atoms with Gasteiger partial charge in [0.15, 0.2) is 0 Å². The van der Waals surface area contributed by atoms with Crippen LogP contribution in [0.5, 0.6) is 5.88 Å². The van der Waals surface area contributed by atoms with Crippen molar-refractivity contribution in [1.82, 2.24) is 14.6 Å². The maximum absolute atomic E-state index is 12.4. The van der Waals surface area contributed by atoms with E-state index in [1.165, 1.54) is 6.08 Å². The summed E-state index contributed by atoms with van der Waals surface area (Å²) in [5.74, 6) is 1.07. The van der Waals surface area contributed by atoms with Crippen LogP contribution in [0.25, 0.3) is 16.8 Å². The number of hydrogen-bond acceptors (Lipinski definition) is 3. The Labute approximate surface area is 156 Å². The van der Waals surface area contributed by atoms with Gasteiger partial charge in [0, 0.05) is 12.6 Å². The first kappa shape index (κ1) is 18.8. The molecule has 3 heterocycles. The molecule has 0 radical (unpaired) electrons. The quantitative estimate of drug-likeness (QED) is 0.406. The molecule has 4 nitrogen and oxygen atoms in total. The molecule has 27 heavy (non-hydrogen) atoms. The number of aromatic nitrogens is 3. The van der Waals surface area contributed by atoms with Crippen molar-refractivity contribution in [3.8, 4) is 17.1 Å². The molecule has 6 heteroatoms. The van der Waals surface area contributed by atoms with Crippen LogP contribution in [0.3, 0.4) is 0 Å². The summed E-state index contributed by atoms with van der Waals surface area (Å²) in [7, 11) is 0. The van der Waals surface area contributed by atoms with Crippen LogP contribution in [-0.4, -0.2) is 21.0 Å². The van der Waals surface area contributed by atoms with E-state index in [2.05, 4.69) is 10.1 Å². The third-order valence-corrected chi connectivity index (χ3v) is 3.78. The Bertz CT molecular complexity index is 961. The van der Waals surface area contributed by atoms with E-state index in [9.17, 15) is 8.78 Å². The van der Waals surface area contributed by atoms with Crippen molar-refractivity contribution in [2.45, 2.75) is 26.7 Å². The van der Waals surface area contributed by atoms with Crippen molar-refractivity contribution in [2.24, 2.45) is 5.92 Å². The van der Waals surface area contributed by atoms with E-state index in [1.54, 1.807) is 18.5 Å². The predicted molar refractivity (Wildman–Crippen MR) is 102 cm³/mol. The first-order valence-electron chi connectivity index (χ1n) is 8.77. The molecule has 0 unspecified atom stereocenters. The van der Waals surface area contributed by atoms with E-state index in [0.29, 0.717) is 11.6 Å². The third kappa shape index (κ3) is 4.78. The van der Waals surface area contributed by atoms with Crippen molar-refractivity contribution in [1.29, 1.82) is 0 Å². The molecule has 3 rings (SSSR count). The smallest absolute Gasteiger partial charge is 0.242 e. The maximum Gasteiger partial charge on any atom is 0.242 e. The van der Waals surface area contributed by atoms with Crippen LogP contribution in [-0.2, 0) is 0 Å². The summed E-state index contributed by atoms with van der Waals surface area (Å²) < 4.78 is 32.7. The molecule has 0 bridgehead atoms. The summed E-state index contributed by atoms with van der Waals surface area (Å²) in [5.41, 5.74) is 2.56. The van der Waals surface area contributed by atoms with Crippen molar-refractivity contribution >= 4 is 5.52 Å². The first-order valence-corrected chi connectivity index (χ1v) is 8.77. The molecule has 0 spiro atoms. The highest BCUT2D eigenvalue weighted by atomic mass is 19.3. The molecule has 0 amide bonds. The van der Waals surface area contributed by atoms with Gasteiger partial charge in [-0.25, -0.2) is 18.3 Å². The molecular weight excluding hydrogens is 348 g/mol. The molecular formula is C21H21F2N3O. The van der Waals surface area contributed by atoms with Gasteiger partial charge in [-0.3, -0.25) is 0 Å². The fourth-order valence-corrected chi connectivity index (χ4v) is 2.67. The Morgan fingerprint density at radius 2 is 2.00 bits per heavy atom. The number of fused-ring (bicyclic) bond motifs is 1. The van der Waals surface area contributed by atoms with E-state index < -0.39 is 6.43 Å². The van der Waals surface area contributed by atoms with Crippen LogP contribution in [0.4, 0.5) is 8.78 Å². The highest BCUT2D eigenvalue weighted by Crippen LogP contribution is 2.29. The normalized spacial score (nSPS) is 12.6. The van der Waals surface area contributed by atoms with E-state index in [1.807, 2.05) is 60.8 Å². The number of halogens is 2. The predicted octanol–water partition coefficient (Wildman–Crippen LogP) is 5.53. The van der Waals surface area contributed by atoms with E-state index in [-0.39, 0.29) is 12.3 Å². The summed E-state index contributed by atoms with van der Waals surface area (Å²) in [5, 5.41) is 4.35. The van der Waals surface area contributed by atoms with Gasteiger partial charge in [-0.15, -0.1) is 0 Å². The number of hydrogen-bond donors (Lipinski definition) is 0. The van der Waals surface area contributed by atoms with Crippen LogP contribution < -0.4 is 4.74 Å². The zero-order chi connectivity index (χ0) is 19.2. The second-order valence-corrected chi connectivity index (χ2v) is 6.38. The van der Waals surface area contributed by atoms with Crippen LogP contribution in [0, 0.1) is 5.92 Å². The van der Waals surface area contributed by atoms with Crippen molar-refractivity contribution < 1.29 is 13.5 Å². The van der Waals surface area contributed by atoms with Gasteiger partial charge in [0.1, 0.15) is 5.76 Å². The number of pyridine rings is 2. The highest BCUT2D eigenvalue weighted by Gasteiger charge is 2.13. The lowest BCUT2D eigenvalue weighted by molar-refractivity contribution is 0.152. The molecule has 0 aliphatic rings. The number of alkyl halides is 2. The van der Waals surface area contributed by atoms with Crippen LogP contribution >= 0.6 is 0 Å². The summed E-state index contributed by atoms with van der Waals surface area (Å²) >= 11 is 0. The fourth-order valence-electron chi connectivity index (χ4n) is 2.67. The van der Waals surface area contributed by atoms with Crippen LogP contribution in [0.15, 0.2) is 72.8 Å². The topological polar surface area (TPSA) is 39.4 Å². The Balaban J connectivity index is 1.97. The number of rotatable bonds is 7. The second-order valence-electron chi connectivity index (χ2n) is 6.38. The zero-order valence-corrected chi connectivity index (χ0v) is 15.2. The highest BCUT2D eigenvalue weighted by molar-refractivity contribution is 5.68. The SMILES string of the molecule is CC(C)/C=C(\C=C/CC(F)F)Oc1ncccc1-c1cccc2ccnn12. The monoisotopic (exact) mass is 369 g/mol. The largest absolute Gasteiger partial charge is 0.439 e. The average molecular weight is 369 g/mol. The Morgan fingerprint density at radius 1 is 1.15 bits per heavy atom. The summed E-state index contributed by atoms with van der Waals surface area (Å²) in [4.78, 5) is 4.35. The van der Waals surface area contributed by atoms with Crippen LogP contribution in [0.2, 0.25) is 0 Å². The van der Waals surface area contributed by atoms with E-state index in [4.69, 9.17) is 4.74 Å². The lowest BCUT2D eigenvalue weighted by Crippen LogP contribution is -2.01. The van der Waals surface area contributed by atoms with Gasteiger partial charge in [-0.2, -0.15) is 5.10 Å². The van der Waals surface area contributed by atoms with Gasteiger partial charge in [-0.05, 0) is 48.4 Å². The first-order chi connectivity index (χ1) is 13.0. The fraction of sp³-hybridized carbons (Fsp3) is 0.238. The lowest BCUT2D eigenvalue weighted by Gasteiger charge is -2.12. The average Bonchev–Trinajstić information content (AvgIpc) is 3.10. The molecule has 3 aromatic heterocycles. The van der Waals surface area contributed by atoms with Gasteiger partial charge in [0.05, 0.1) is 23.0 Å². The maximum atomic E-state index is 12.4. The van der Waals surface area contributed by atoms with Crippen molar-refractivity contribution in [3.63, 3.8) is 0 Å². The molecule has 0 N–H and O–H groups in total. The Kier molecular flexibility index (Phi) is 5.96. The summed E-state index contributed by atoms with van der Waals surface area (Å²) in [6, 6.07) is 11.5. The van der Waals surface area contributed by atoms with Crippen molar-refractivity contribution in [3.05, 3.63) is 72.8 Å². The molecule has 0 aromatic carbocycles. The van der Waals surface area contributed by atoms with Gasteiger partial charge >= 0.3 is 0 Å². The summed E-state index contributed by atoms with van der Waals surface area (Å²) in [6.45, 7) is 3.99. The van der Waals surface area contributed by atoms with Gasteiger partial charge in [0.25, 0.3) is 0 Å². The Morgan fingerprint density at radius 3 is 2.78 bits per heavy atom. The second kappa shape index (κ2) is 8.58. The molecule has 0 aliphatic heterocycles. The van der Waals surface area contributed by atoms with E-state index >= 15 is 0 Å². The third-order valence-electron chi connectivity index (χ3n) is 3.78. The molecule has 0 atom stereocenters. The van der Waals surface area contributed by atoms with E-state index in [0.717, 1.165) is 16.8 Å². The van der Waals surface area contributed by atoms with Gasteiger partial charge < -0.3 is 4.74 Å². The van der Waals surface area contributed by atoms with Crippen molar-refractivity contribution in [2.75, 3.05) is 0 Å². The molecule has 3 aromatic rings. The molecule has 0 aliphatic carbocycles. The Hall–Kier alpha value is -3.02. The molecule has 140 valence electrons. The summed E-state index contributed by atoms with van der Waals surface area (Å²) in [6.07, 6.45) is 5.51. The minimum Gasteiger partial charge on any atom is -0.439 e. The molecule has 0 fully saturated rings. The zero-order valence-electron chi connectivity index (χ0n) is 15.2. The number of allylic oxidation sites excluding steroid dienone is 3. The lowest BCUT2D eigenvalue weighted by atomic mass is 10.1. The standard InChI is InChI=1S/C21H21F2N3O/c1-15(2)14-17(7-4-10-20(22)23)27-21-18(8-5-12-24-21)19-9-3-6-16-11-13-25-26(16)19/h3-9,11-15,20H,10H2,1-2H3/b7-4-,17-14+. The number of nitrogens with zero attached hydrogens (tertiary/aromatic N) is 3. The van der Waals surface area contributed by atoms with Gasteiger partial charge in [-0.1, -0.05) is 26.0 Å². The number of ether oxygens (including phenoxy) is 1. The van der Waals surface area contributed by atoms with Gasteiger partial charge in [0.2, 0.25) is 12.3 Å². The van der Waals surface area contributed by atoms with Crippen LogP contribution in [0.1, 0.15) is 20.3 Å². The molecule has 0 saturated heterocycles. The minimum atomic E-state index is -2.38. The minimum absolute atomic E-state index is 0.193. The molecule has 0 saturated carbocycles.